The number of sulfonamides is 1. The van der Waals surface area contributed by atoms with Crippen molar-refractivity contribution in [1.29, 1.82) is 0 Å². The molecule has 0 unspecified atom stereocenters. The number of anilines is 2. The molecule has 0 saturated heterocycles. The number of benzene rings is 2. The largest absolute Gasteiger partial charge is 0.421 e. The molecule has 1 aromatic heterocycles. The van der Waals surface area contributed by atoms with E-state index in [-0.39, 0.29) is 24.6 Å². The van der Waals surface area contributed by atoms with Gasteiger partial charge in [-0.3, -0.25) is 4.31 Å². The molecule has 2 aromatic carbocycles. The van der Waals surface area contributed by atoms with Gasteiger partial charge in [-0.25, -0.2) is 18.4 Å². The van der Waals surface area contributed by atoms with Crippen LogP contribution >= 0.6 is 0 Å². The van der Waals surface area contributed by atoms with Crippen molar-refractivity contribution < 1.29 is 21.6 Å². The minimum absolute atomic E-state index is 0.0489. The van der Waals surface area contributed by atoms with Crippen molar-refractivity contribution in [2.24, 2.45) is 0 Å². The Labute approximate surface area is 185 Å². The summed E-state index contributed by atoms with van der Waals surface area (Å²) in [4.78, 5) is 8.02. The molecule has 0 aliphatic heterocycles. The highest BCUT2D eigenvalue weighted by atomic mass is 32.2. The number of hydrogen-bond donors (Lipinski definition) is 1. The Morgan fingerprint density at radius 2 is 1.75 bits per heavy atom. The second-order valence-corrected chi connectivity index (χ2v) is 9.38. The van der Waals surface area contributed by atoms with Gasteiger partial charge in [-0.05, 0) is 29.7 Å². The molecule has 0 aliphatic carbocycles. The first kappa shape index (κ1) is 23.5. The maximum atomic E-state index is 13.6. The highest BCUT2D eigenvalue weighted by Crippen LogP contribution is 2.34. The number of rotatable bonds is 7. The van der Waals surface area contributed by atoms with Gasteiger partial charge in [-0.2, -0.15) is 13.2 Å². The lowest BCUT2D eigenvalue weighted by Gasteiger charge is -2.22. The van der Waals surface area contributed by atoms with Gasteiger partial charge in [0.2, 0.25) is 10.0 Å². The first-order chi connectivity index (χ1) is 15.0. The van der Waals surface area contributed by atoms with Crippen LogP contribution in [0.5, 0.6) is 0 Å². The summed E-state index contributed by atoms with van der Waals surface area (Å²) < 4.78 is 65.8. The van der Waals surface area contributed by atoms with Crippen molar-refractivity contribution in [1.82, 2.24) is 9.97 Å². The van der Waals surface area contributed by atoms with E-state index >= 15 is 0 Å². The topological polar surface area (TPSA) is 75.2 Å². The summed E-state index contributed by atoms with van der Waals surface area (Å²) in [7, 11) is -2.15. The highest BCUT2D eigenvalue weighted by Gasteiger charge is 2.35. The first-order valence-corrected chi connectivity index (χ1v) is 11.5. The molecular formula is C22H23F3N4O2S. The summed E-state index contributed by atoms with van der Waals surface area (Å²) in [6, 6.07) is 14.3. The van der Waals surface area contributed by atoms with E-state index in [0.717, 1.165) is 27.9 Å². The standard InChI is InChI=1S/C22H23F3N4O2S/c1-15-8-7-11-19(29(2)32(3,30)31)17(15)13-27-21-18(22(23,24)25)14-26-20(28-21)12-16-9-5-4-6-10-16/h4-11,14H,12-13H2,1-3H3,(H,26,27,28). The van der Waals surface area contributed by atoms with E-state index in [2.05, 4.69) is 15.3 Å². The molecule has 0 bridgehead atoms. The number of nitrogens with one attached hydrogen (secondary N) is 1. The predicted molar refractivity (Wildman–Crippen MR) is 118 cm³/mol. The third-order valence-electron chi connectivity index (χ3n) is 5.00. The van der Waals surface area contributed by atoms with Gasteiger partial charge in [0, 0.05) is 26.2 Å². The molecule has 0 amide bonds. The summed E-state index contributed by atoms with van der Waals surface area (Å²) in [5, 5.41) is 2.76. The normalized spacial score (nSPS) is 11.9. The van der Waals surface area contributed by atoms with E-state index in [1.807, 2.05) is 30.3 Å². The van der Waals surface area contributed by atoms with Gasteiger partial charge in [0.15, 0.2) is 0 Å². The zero-order valence-electron chi connectivity index (χ0n) is 17.8. The number of alkyl halides is 3. The number of hydrogen-bond acceptors (Lipinski definition) is 5. The minimum atomic E-state index is -4.65. The Bertz CT molecular complexity index is 1200. The Morgan fingerprint density at radius 1 is 1.06 bits per heavy atom. The molecule has 170 valence electrons. The monoisotopic (exact) mass is 464 g/mol. The second kappa shape index (κ2) is 9.15. The lowest BCUT2D eigenvalue weighted by atomic mass is 10.1. The number of aryl methyl sites for hydroxylation is 1. The summed E-state index contributed by atoms with van der Waals surface area (Å²) in [5.74, 6) is -0.111. The molecule has 0 atom stereocenters. The van der Waals surface area contributed by atoms with Gasteiger partial charge in [0.1, 0.15) is 17.2 Å². The summed E-state index contributed by atoms with van der Waals surface area (Å²) in [6.07, 6.45) is -2.53. The fourth-order valence-corrected chi connectivity index (χ4v) is 3.72. The number of aromatic nitrogens is 2. The van der Waals surface area contributed by atoms with Crippen LogP contribution in [0.2, 0.25) is 0 Å². The molecule has 10 heteroatoms. The van der Waals surface area contributed by atoms with Gasteiger partial charge < -0.3 is 5.32 Å². The third-order valence-corrected chi connectivity index (χ3v) is 6.20. The van der Waals surface area contributed by atoms with Crippen LogP contribution < -0.4 is 9.62 Å². The van der Waals surface area contributed by atoms with Crippen LogP contribution in [0.4, 0.5) is 24.7 Å². The second-order valence-electron chi connectivity index (χ2n) is 7.37. The van der Waals surface area contributed by atoms with Crippen molar-refractivity contribution in [2.45, 2.75) is 26.1 Å². The van der Waals surface area contributed by atoms with E-state index in [1.54, 1.807) is 25.1 Å². The molecule has 0 fully saturated rings. The quantitative estimate of drug-likeness (QED) is 0.561. The summed E-state index contributed by atoms with van der Waals surface area (Å²) >= 11 is 0. The fraction of sp³-hybridized carbons (Fsp3) is 0.273. The van der Waals surface area contributed by atoms with Gasteiger partial charge in [-0.1, -0.05) is 42.5 Å². The third kappa shape index (κ3) is 5.56. The van der Waals surface area contributed by atoms with Gasteiger partial charge >= 0.3 is 6.18 Å². The van der Waals surface area contributed by atoms with Crippen LogP contribution in [-0.2, 0) is 29.2 Å². The van der Waals surface area contributed by atoms with E-state index < -0.39 is 21.8 Å². The lowest BCUT2D eigenvalue weighted by molar-refractivity contribution is -0.137. The van der Waals surface area contributed by atoms with Crippen LogP contribution in [0.1, 0.15) is 28.1 Å². The molecule has 6 nitrogen and oxygen atoms in total. The van der Waals surface area contributed by atoms with Crippen molar-refractivity contribution in [3.05, 3.63) is 82.8 Å². The Balaban J connectivity index is 1.95. The van der Waals surface area contributed by atoms with Crippen LogP contribution in [0.25, 0.3) is 0 Å². The van der Waals surface area contributed by atoms with Crippen molar-refractivity contribution >= 4 is 21.5 Å². The molecule has 1 N–H and O–H groups in total. The minimum Gasteiger partial charge on any atom is -0.365 e. The maximum absolute atomic E-state index is 13.6. The van der Waals surface area contributed by atoms with Gasteiger partial charge in [0.05, 0.1) is 11.9 Å². The van der Waals surface area contributed by atoms with E-state index in [4.69, 9.17) is 0 Å². The molecule has 0 radical (unpaired) electrons. The number of nitrogens with zero attached hydrogens (tertiary/aromatic N) is 3. The average Bonchev–Trinajstić information content (AvgIpc) is 2.71. The Hall–Kier alpha value is -3.14. The zero-order chi connectivity index (χ0) is 23.5. The maximum Gasteiger partial charge on any atom is 0.421 e. The highest BCUT2D eigenvalue weighted by molar-refractivity contribution is 7.92. The summed E-state index contributed by atoms with van der Waals surface area (Å²) in [6.45, 7) is 1.72. The smallest absolute Gasteiger partial charge is 0.365 e. The molecule has 1 heterocycles. The van der Waals surface area contributed by atoms with Gasteiger partial charge in [0.25, 0.3) is 0 Å². The van der Waals surface area contributed by atoms with Crippen molar-refractivity contribution in [2.75, 3.05) is 22.9 Å². The van der Waals surface area contributed by atoms with Crippen LogP contribution in [-0.4, -0.2) is 31.7 Å². The number of halogens is 3. The predicted octanol–water partition coefficient (Wildman–Crippen LogP) is 4.40. The molecule has 0 spiro atoms. The Morgan fingerprint density at radius 3 is 2.38 bits per heavy atom. The molecule has 0 saturated carbocycles. The zero-order valence-corrected chi connectivity index (χ0v) is 18.6. The molecular weight excluding hydrogens is 441 g/mol. The molecule has 0 aliphatic rings. The fourth-order valence-electron chi connectivity index (χ4n) is 3.19. The van der Waals surface area contributed by atoms with E-state index in [9.17, 15) is 21.6 Å². The van der Waals surface area contributed by atoms with E-state index in [1.165, 1.54) is 7.05 Å². The van der Waals surface area contributed by atoms with Crippen LogP contribution in [0.15, 0.2) is 54.7 Å². The molecule has 3 aromatic rings. The van der Waals surface area contributed by atoms with Gasteiger partial charge in [-0.15, -0.1) is 0 Å². The Kier molecular flexibility index (Phi) is 6.73. The average molecular weight is 465 g/mol. The molecule has 3 rings (SSSR count). The van der Waals surface area contributed by atoms with E-state index in [0.29, 0.717) is 11.3 Å². The first-order valence-electron chi connectivity index (χ1n) is 9.70. The van der Waals surface area contributed by atoms with Crippen LogP contribution in [0.3, 0.4) is 0 Å². The SMILES string of the molecule is Cc1cccc(N(C)S(C)(=O)=O)c1CNc1nc(Cc2ccccc2)ncc1C(F)(F)F. The molecule has 32 heavy (non-hydrogen) atoms. The summed E-state index contributed by atoms with van der Waals surface area (Å²) in [5.41, 5.74) is 1.55. The lowest BCUT2D eigenvalue weighted by Crippen LogP contribution is -2.26. The van der Waals surface area contributed by atoms with Crippen molar-refractivity contribution in [3.63, 3.8) is 0 Å². The van der Waals surface area contributed by atoms with Crippen molar-refractivity contribution in [3.8, 4) is 0 Å². The van der Waals surface area contributed by atoms with Crippen LogP contribution in [0, 0.1) is 6.92 Å².